The van der Waals surface area contributed by atoms with Gasteiger partial charge in [0.2, 0.25) is 0 Å². The summed E-state index contributed by atoms with van der Waals surface area (Å²) in [6.45, 7) is 1.28. The Labute approximate surface area is 138 Å². The number of hydrogen-bond acceptors (Lipinski definition) is 4. The average Bonchev–Trinajstić information content (AvgIpc) is 3.07. The van der Waals surface area contributed by atoms with E-state index in [-0.39, 0.29) is 5.91 Å². The van der Waals surface area contributed by atoms with Gasteiger partial charge in [0.1, 0.15) is 0 Å². The Kier molecular flexibility index (Phi) is 3.80. The van der Waals surface area contributed by atoms with Gasteiger partial charge in [-0.2, -0.15) is 5.10 Å². The van der Waals surface area contributed by atoms with Crippen molar-refractivity contribution in [1.29, 1.82) is 0 Å². The van der Waals surface area contributed by atoms with Gasteiger partial charge in [-0.15, -0.1) is 0 Å². The van der Waals surface area contributed by atoms with Gasteiger partial charge in [-0.3, -0.25) is 14.9 Å². The third-order valence-electron chi connectivity index (χ3n) is 4.01. The lowest BCUT2D eigenvalue weighted by atomic mass is 10.0. The second-order valence-electron chi connectivity index (χ2n) is 5.61. The Hall–Kier alpha value is -2.99. The van der Waals surface area contributed by atoms with Crippen LogP contribution in [0, 0.1) is 0 Å². The number of pyridine rings is 1. The van der Waals surface area contributed by atoms with E-state index in [4.69, 9.17) is 4.74 Å². The number of anilines is 1. The van der Waals surface area contributed by atoms with Crippen molar-refractivity contribution in [2.75, 3.05) is 11.9 Å². The highest BCUT2D eigenvalue weighted by Crippen LogP contribution is 2.28. The van der Waals surface area contributed by atoms with E-state index in [9.17, 15) is 4.79 Å². The predicted octanol–water partition coefficient (Wildman–Crippen LogP) is 2.80. The van der Waals surface area contributed by atoms with Crippen LogP contribution in [0.3, 0.4) is 0 Å². The molecule has 2 N–H and O–H groups in total. The quantitative estimate of drug-likeness (QED) is 0.777. The molecule has 1 aliphatic heterocycles. The molecule has 0 saturated carbocycles. The van der Waals surface area contributed by atoms with Crippen LogP contribution in [-0.2, 0) is 17.8 Å². The highest BCUT2D eigenvalue weighted by atomic mass is 16.5. The largest absolute Gasteiger partial charge is 0.376 e. The lowest BCUT2D eigenvalue weighted by Crippen LogP contribution is -2.12. The molecule has 0 aliphatic carbocycles. The first-order valence-electron chi connectivity index (χ1n) is 7.77. The van der Waals surface area contributed by atoms with Crippen LogP contribution in [0.15, 0.2) is 48.8 Å². The molecule has 0 atom stereocenters. The number of hydrogen-bond donors (Lipinski definition) is 2. The molecule has 3 aromatic rings. The second-order valence-corrected chi connectivity index (χ2v) is 5.61. The summed E-state index contributed by atoms with van der Waals surface area (Å²) < 4.78 is 5.53. The number of amides is 1. The highest BCUT2D eigenvalue weighted by molar-refractivity contribution is 6.04. The van der Waals surface area contributed by atoms with Gasteiger partial charge < -0.3 is 10.1 Å². The van der Waals surface area contributed by atoms with Gasteiger partial charge in [-0.25, -0.2) is 0 Å². The Balaban J connectivity index is 1.60. The number of benzene rings is 1. The maximum atomic E-state index is 12.3. The smallest absolute Gasteiger partial charge is 0.257 e. The molecule has 1 amide bonds. The van der Waals surface area contributed by atoms with Crippen LogP contribution in [-0.4, -0.2) is 27.7 Å². The van der Waals surface area contributed by atoms with Crippen LogP contribution in [0.2, 0.25) is 0 Å². The molecular formula is C18H16N4O2. The van der Waals surface area contributed by atoms with Crippen LogP contribution < -0.4 is 5.32 Å². The number of rotatable bonds is 3. The highest BCUT2D eigenvalue weighted by Gasteiger charge is 2.18. The maximum absolute atomic E-state index is 12.3. The molecular weight excluding hydrogens is 304 g/mol. The molecule has 4 rings (SSSR count). The SMILES string of the molecule is O=C(Nc1cccc(-c2n[nH]c3c2COCC3)c1)c1cccnc1. The number of nitrogens with one attached hydrogen (secondary N) is 2. The summed E-state index contributed by atoms with van der Waals surface area (Å²) >= 11 is 0. The van der Waals surface area contributed by atoms with Crippen molar-refractivity contribution in [2.45, 2.75) is 13.0 Å². The summed E-state index contributed by atoms with van der Waals surface area (Å²) in [5, 5.41) is 10.4. The zero-order valence-corrected chi connectivity index (χ0v) is 13.0. The monoisotopic (exact) mass is 320 g/mol. The molecule has 1 aliphatic rings. The molecule has 24 heavy (non-hydrogen) atoms. The molecule has 0 bridgehead atoms. The van der Waals surface area contributed by atoms with Gasteiger partial charge in [0.15, 0.2) is 0 Å². The fourth-order valence-electron chi connectivity index (χ4n) is 2.80. The molecule has 0 spiro atoms. The van der Waals surface area contributed by atoms with Crippen molar-refractivity contribution in [3.63, 3.8) is 0 Å². The van der Waals surface area contributed by atoms with Crippen molar-refractivity contribution in [3.05, 3.63) is 65.6 Å². The topological polar surface area (TPSA) is 79.9 Å². The van der Waals surface area contributed by atoms with E-state index in [1.165, 1.54) is 0 Å². The first-order valence-corrected chi connectivity index (χ1v) is 7.77. The first kappa shape index (κ1) is 14.6. The number of carbonyl (C=O) groups excluding carboxylic acids is 1. The third-order valence-corrected chi connectivity index (χ3v) is 4.01. The molecule has 0 radical (unpaired) electrons. The average molecular weight is 320 g/mol. The van der Waals surface area contributed by atoms with Gasteiger partial charge in [-0.05, 0) is 24.3 Å². The molecule has 3 heterocycles. The summed E-state index contributed by atoms with van der Waals surface area (Å²) in [7, 11) is 0. The van der Waals surface area contributed by atoms with E-state index in [1.807, 2.05) is 24.3 Å². The summed E-state index contributed by atoms with van der Waals surface area (Å²) in [5.74, 6) is -0.187. The number of H-pyrrole nitrogens is 1. The summed E-state index contributed by atoms with van der Waals surface area (Å²) in [5.41, 5.74) is 5.28. The molecule has 2 aromatic heterocycles. The van der Waals surface area contributed by atoms with Crippen LogP contribution >= 0.6 is 0 Å². The molecule has 0 unspecified atom stereocenters. The first-order chi connectivity index (χ1) is 11.8. The van der Waals surface area contributed by atoms with Gasteiger partial charge >= 0.3 is 0 Å². The van der Waals surface area contributed by atoms with Crippen molar-refractivity contribution in [1.82, 2.24) is 15.2 Å². The van der Waals surface area contributed by atoms with Gasteiger partial charge in [0.05, 0.1) is 24.5 Å². The normalized spacial score (nSPS) is 13.3. The van der Waals surface area contributed by atoms with E-state index in [0.717, 1.165) is 41.2 Å². The van der Waals surface area contributed by atoms with Crippen molar-refractivity contribution < 1.29 is 9.53 Å². The maximum Gasteiger partial charge on any atom is 0.257 e. The van der Waals surface area contributed by atoms with Crippen molar-refractivity contribution in [3.8, 4) is 11.3 Å². The van der Waals surface area contributed by atoms with Crippen molar-refractivity contribution >= 4 is 11.6 Å². The second kappa shape index (κ2) is 6.25. The Morgan fingerprint density at radius 2 is 2.21 bits per heavy atom. The molecule has 6 heteroatoms. The lowest BCUT2D eigenvalue weighted by Gasteiger charge is -2.13. The minimum absolute atomic E-state index is 0.187. The fourth-order valence-corrected chi connectivity index (χ4v) is 2.80. The van der Waals surface area contributed by atoms with Gasteiger partial charge in [-0.1, -0.05) is 12.1 Å². The van der Waals surface area contributed by atoms with Crippen LogP contribution in [0.1, 0.15) is 21.6 Å². The van der Waals surface area contributed by atoms with E-state index in [1.54, 1.807) is 24.5 Å². The van der Waals surface area contributed by atoms with Crippen LogP contribution in [0.5, 0.6) is 0 Å². The van der Waals surface area contributed by atoms with E-state index >= 15 is 0 Å². The fraction of sp³-hybridized carbons (Fsp3) is 0.167. The Bertz CT molecular complexity index is 874. The number of aromatic nitrogens is 3. The lowest BCUT2D eigenvalue weighted by molar-refractivity contribution is 0.102. The van der Waals surface area contributed by atoms with E-state index in [2.05, 4.69) is 20.5 Å². The summed E-state index contributed by atoms with van der Waals surface area (Å²) in [6, 6.07) is 11.1. The molecule has 1 aromatic carbocycles. The van der Waals surface area contributed by atoms with Crippen LogP contribution in [0.25, 0.3) is 11.3 Å². The molecule has 6 nitrogen and oxygen atoms in total. The third kappa shape index (κ3) is 2.79. The van der Waals surface area contributed by atoms with Crippen LogP contribution in [0.4, 0.5) is 5.69 Å². The summed E-state index contributed by atoms with van der Waals surface area (Å²) in [4.78, 5) is 16.2. The number of ether oxygens (including phenoxy) is 1. The standard InChI is InChI=1S/C18H16N4O2/c23-18(13-4-2-7-19-10-13)20-14-5-1-3-12(9-14)17-15-11-24-8-6-16(15)21-22-17/h1-5,7,9-10H,6,8,11H2,(H,20,23)(H,21,22). The van der Waals surface area contributed by atoms with Crippen molar-refractivity contribution in [2.24, 2.45) is 0 Å². The molecule has 0 fully saturated rings. The predicted molar refractivity (Wildman–Crippen MR) is 89.6 cm³/mol. The number of fused-ring (bicyclic) bond motifs is 1. The molecule has 120 valence electrons. The van der Waals surface area contributed by atoms with Gasteiger partial charge in [0.25, 0.3) is 5.91 Å². The van der Waals surface area contributed by atoms with Gasteiger partial charge in [0, 0.05) is 41.3 Å². The zero-order valence-electron chi connectivity index (χ0n) is 13.0. The summed E-state index contributed by atoms with van der Waals surface area (Å²) in [6.07, 6.45) is 4.03. The number of nitrogens with zero attached hydrogens (tertiary/aromatic N) is 2. The zero-order chi connectivity index (χ0) is 16.4. The number of aromatic amines is 1. The number of carbonyl (C=O) groups is 1. The Morgan fingerprint density at radius 3 is 3.08 bits per heavy atom. The molecule has 0 saturated heterocycles. The Morgan fingerprint density at radius 1 is 1.25 bits per heavy atom. The van der Waals surface area contributed by atoms with E-state index < -0.39 is 0 Å². The van der Waals surface area contributed by atoms with E-state index in [0.29, 0.717) is 12.2 Å². The minimum atomic E-state index is -0.187. The minimum Gasteiger partial charge on any atom is -0.376 e.